The zero-order valence-electron chi connectivity index (χ0n) is 12.5. The van der Waals surface area contributed by atoms with Crippen molar-refractivity contribution in [2.75, 3.05) is 5.32 Å². The van der Waals surface area contributed by atoms with Crippen LogP contribution in [0.1, 0.15) is 36.8 Å². The minimum atomic E-state index is -0.768. The molecule has 1 aliphatic carbocycles. The van der Waals surface area contributed by atoms with E-state index in [1.165, 1.54) is 5.56 Å². The number of nitrogens with one attached hydrogen (secondary N) is 2. The normalized spacial score (nSPS) is 21.6. The minimum Gasteiger partial charge on any atom is -0.481 e. The van der Waals surface area contributed by atoms with Gasteiger partial charge in [0.25, 0.3) is 0 Å². The van der Waals surface area contributed by atoms with Gasteiger partial charge in [0.15, 0.2) is 0 Å². The Morgan fingerprint density at radius 1 is 1.19 bits per heavy atom. The number of aryl methyl sites for hydroxylation is 2. The molecular weight excluding hydrogens is 268 g/mol. The quantitative estimate of drug-likeness (QED) is 0.800. The molecule has 0 heterocycles. The predicted molar refractivity (Wildman–Crippen MR) is 81.5 cm³/mol. The molecule has 2 rings (SSSR count). The summed E-state index contributed by atoms with van der Waals surface area (Å²) in [6, 6.07) is 5.42. The summed E-state index contributed by atoms with van der Waals surface area (Å²) in [6.45, 7) is 4.02. The second kappa shape index (κ2) is 6.61. The zero-order chi connectivity index (χ0) is 15.4. The Hall–Kier alpha value is -2.04. The molecule has 2 atom stereocenters. The molecule has 0 saturated heterocycles. The molecule has 1 saturated carbocycles. The molecule has 0 bridgehead atoms. The SMILES string of the molecule is Cc1ccc(NC(=O)NC2CCCC(C(=O)O)C2)cc1C. The molecular formula is C16H22N2O3. The molecule has 114 valence electrons. The van der Waals surface area contributed by atoms with Gasteiger partial charge in [-0.3, -0.25) is 4.79 Å². The first-order valence-corrected chi connectivity index (χ1v) is 7.33. The van der Waals surface area contributed by atoms with Crippen LogP contribution >= 0.6 is 0 Å². The van der Waals surface area contributed by atoms with Crippen LogP contribution in [0.5, 0.6) is 0 Å². The summed E-state index contributed by atoms with van der Waals surface area (Å²) in [4.78, 5) is 23.0. The van der Waals surface area contributed by atoms with Gasteiger partial charge in [0.05, 0.1) is 5.92 Å². The third-order valence-corrected chi connectivity index (χ3v) is 4.12. The average molecular weight is 290 g/mol. The highest BCUT2D eigenvalue weighted by Crippen LogP contribution is 2.24. The summed E-state index contributed by atoms with van der Waals surface area (Å²) in [6.07, 6.45) is 2.89. The maximum atomic E-state index is 12.0. The van der Waals surface area contributed by atoms with E-state index in [1.807, 2.05) is 32.0 Å². The number of anilines is 1. The van der Waals surface area contributed by atoms with Gasteiger partial charge in [-0.25, -0.2) is 4.79 Å². The Morgan fingerprint density at radius 2 is 1.95 bits per heavy atom. The second-order valence-electron chi connectivity index (χ2n) is 5.80. The van der Waals surface area contributed by atoms with E-state index >= 15 is 0 Å². The summed E-state index contributed by atoms with van der Waals surface area (Å²) in [5.74, 6) is -1.11. The number of carboxylic acid groups (broad SMARTS) is 1. The Bertz CT molecular complexity index is 542. The van der Waals surface area contributed by atoms with E-state index in [-0.39, 0.29) is 18.0 Å². The molecule has 1 aromatic rings. The first-order chi connectivity index (χ1) is 9.95. The Balaban J connectivity index is 1.89. The van der Waals surface area contributed by atoms with Crippen molar-refractivity contribution in [2.24, 2.45) is 5.92 Å². The van der Waals surface area contributed by atoms with E-state index in [1.54, 1.807) is 0 Å². The lowest BCUT2D eigenvalue weighted by Crippen LogP contribution is -2.42. The number of hydrogen-bond acceptors (Lipinski definition) is 2. The highest BCUT2D eigenvalue weighted by Gasteiger charge is 2.27. The lowest BCUT2D eigenvalue weighted by atomic mass is 9.86. The van der Waals surface area contributed by atoms with Crippen molar-refractivity contribution in [1.29, 1.82) is 0 Å². The third-order valence-electron chi connectivity index (χ3n) is 4.12. The van der Waals surface area contributed by atoms with Crippen LogP contribution in [0.3, 0.4) is 0 Å². The molecule has 21 heavy (non-hydrogen) atoms. The van der Waals surface area contributed by atoms with Crippen LogP contribution in [0.15, 0.2) is 18.2 Å². The van der Waals surface area contributed by atoms with E-state index in [0.29, 0.717) is 12.8 Å². The number of hydrogen-bond donors (Lipinski definition) is 3. The van der Waals surface area contributed by atoms with Crippen molar-refractivity contribution in [3.8, 4) is 0 Å². The van der Waals surface area contributed by atoms with Crippen LogP contribution in [0, 0.1) is 19.8 Å². The van der Waals surface area contributed by atoms with E-state index < -0.39 is 5.97 Å². The Morgan fingerprint density at radius 3 is 2.62 bits per heavy atom. The van der Waals surface area contributed by atoms with Crippen LogP contribution in [0.4, 0.5) is 10.5 Å². The fourth-order valence-electron chi connectivity index (χ4n) is 2.72. The van der Waals surface area contributed by atoms with Crippen LogP contribution in [-0.2, 0) is 4.79 Å². The lowest BCUT2D eigenvalue weighted by molar-refractivity contribution is -0.143. The van der Waals surface area contributed by atoms with Crippen molar-refractivity contribution in [1.82, 2.24) is 5.32 Å². The fraction of sp³-hybridized carbons (Fsp3) is 0.500. The number of carboxylic acids is 1. The summed E-state index contributed by atoms with van der Waals surface area (Å²) >= 11 is 0. The van der Waals surface area contributed by atoms with Gasteiger partial charge < -0.3 is 15.7 Å². The largest absolute Gasteiger partial charge is 0.481 e. The van der Waals surface area contributed by atoms with Crippen molar-refractivity contribution in [3.63, 3.8) is 0 Å². The maximum Gasteiger partial charge on any atom is 0.319 e. The van der Waals surface area contributed by atoms with E-state index in [0.717, 1.165) is 24.1 Å². The third kappa shape index (κ3) is 4.21. The van der Waals surface area contributed by atoms with Gasteiger partial charge in [-0.15, -0.1) is 0 Å². The van der Waals surface area contributed by atoms with Gasteiger partial charge in [0.1, 0.15) is 0 Å². The molecule has 1 aliphatic rings. The number of carbonyl (C=O) groups excluding carboxylic acids is 1. The molecule has 1 aromatic carbocycles. The predicted octanol–water partition coefficient (Wildman–Crippen LogP) is 3.07. The Labute approximate surface area is 124 Å². The van der Waals surface area contributed by atoms with Crippen LogP contribution in [-0.4, -0.2) is 23.1 Å². The highest BCUT2D eigenvalue weighted by atomic mass is 16.4. The molecule has 0 aliphatic heterocycles. The summed E-state index contributed by atoms with van der Waals surface area (Å²) < 4.78 is 0. The molecule has 1 fully saturated rings. The van der Waals surface area contributed by atoms with Gasteiger partial charge in [-0.1, -0.05) is 12.5 Å². The number of amides is 2. The van der Waals surface area contributed by atoms with Crippen LogP contribution in [0.25, 0.3) is 0 Å². The maximum absolute atomic E-state index is 12.0. The summed E-state index contributed by atoms with van der Waals surface area (Å²) in [5.41, 5.74) is 3.05. The molecule has 3 N–H and O–H groups in total. The van der Waals surface area contributed by atoms with Crippen molar-refractivity contribution in [2.45, 2.75) is 45.6 Å². The van der Waals surface area contributed by atoms with E-state index in [2.05, 4.69) is 10.6 Å². The number of rotatable bonds is 3. The van der Waals surface area contributed by atoms with Crippen molar-refractivity contribution in [3.05, 3.63) is 29.3 Å². The molecule has 5 nitrogen and oxygen atoms in total. The minimum absolute atomic E-state index is 0.0635. The van der Waals surface area contributed by atoms with Crippen LogP contribution < -0.4 is 10.6 Å². The topological polar surface area (TPSA) is 78.4 Å². The number of benzene rings is 1. The van der Waals surface area contributed by atoms with Gasteiger partial charge in [-0.05, 0) is 56.4 Å². The number of urea groups is 1. The zero-order valence-corrected chi connectivity index (χ0v) is 12.5. The Kier molecular flexibility index (Phi) is 4.83. The van der Waals surface area contributed by atoms with Crippen molar-refractivity contribution < 1.29 is 14.7 Å². The lowest BCUT2D eigenvalue weighted by Gasteiger charge is -2.27. The molecule has 2 unspecified atom stereocenters. The summed E-state index contributed by atoms with van der Waals surface area (Å²) in [5, 5.41) is 14.7. The van der Waals surface area contributed by atoms with Gasteiger partial charge in [0.2, 0.25) is 0 Å². The monoisotopic (exact) mass is 290 g/mol. The molecule has 2 amide bonds. The fourth-order valence-corrected chi connectivity index (χ4v) is 2.72. The first kappa shape index (κ1) is 15.4. The molecule has 5 heteroatoms. The smallest absolute Gasteiger partial charge is 0.319 e. The molecule has 0 aromatic heterocycles. The average Bonchev–Trinajstić information content (AvgIpc) is 2.43. The standard InChI is InChI=1S/C16H22N2O3/c1-10-6-7-14(8-11(10)2)18-16(21)17-13-5-3-4-12(9-13)15(19)20/h6-8,12-13H,3-5,9H2,1-2H3,(H,19,20)(H2,17,18,21). The van der Waals surface area contributed by atoms with E-state index in [9.17, 15) is 9.59 Å². The van der Waals surface area contributed by atoms with Gasteiger partial charge in [-0.2, -0.15) is 0 Å². The molecule has 0 radical (unpaired) electrons. The van der Waals surface area contributed by atoms with Crippen molar-refractivity contribution >= 4 is 17.7 Å². The number of aliphatic carboxylic acids is 1. The second-order valence-corrected chi connectivity index (χ2v) is 5.80. The number of carbonyl (C=O) groups is 2. The van der Waals surface area contributed by atoms with Crippen LogP contribution in [0.2, 0.25) is 0 Å². The molecule has 0 spiro atoms. The van der Waals surface area contributed by atoms with E-state index in [4.69, 9.17) is 5.11 Å². The van der Waals surface area contributed by atoms with Gasteiger partial charge in [0, 0.05) is 11.7 Å². The summed E-state index contributed by atoms with van der Waals surface area (Å²) in [7, 11) is 0. The van der Waals surface area contributed by atoms with Gasteiger partial charge >= 0.3 is 12.0 Å². The highest BCUT2D eigenvalue weighted by molar-refractivity contribution is 5.89. The first-order valence-electron chi connectivity index (χ1n) is 7.33.